The Morgan fingerprint density at radius 2 is 2.50 bits per heavy atom. The Bertz CT molecular complexity index is 198. The van der Waals surface area contributed by atoms with Gasteiger partial charge in [0.2, 0.25) is 0 Å². The largest absolute Gasteiger partial charge is 0.460 e. The maximum atomic E-state index is 11.0. The van der Waals surface area contributed by atoms with E-state index in [9.17, 15) is 4.79 Å². The number of carbonyl (C=O) groups excluding carboxylic acids is 1. The minimum atomic E-state index is -0.734. The van der Waals surface area contributed by atoms with Gasteiger partial charge in [-0.1, -0.05) is 6.92 Å². The number of allylic oxidation sites excluding steroid dienone is 1. The Balaban J connectivity index is 2.48. The summed E-state index contributed by atoms with van der Waals surface area (Å²) in [6.07, 6.45) is 5.53. The van der Waals surface area contributed by atoms with Crippen LogP contribution in [0.15, 0.2) is 12.3 Å². The summed E-state index contributed by atoms with van der Waals surface area (Å²) in [7, 11) is 0. The molecule has 3 heteroatoms. The third kappa shape index (κ3) is 2.26. The van der Waals surface area contributed by atoms with E-state index in [4.69, 9.17) is 9.47 Å². The van der Waals surface area contributed by atoms with Crippen LogP contribution in [0.1, 0.15) is 33.1 Å². The summed E-state index contributed by atoms with van der Waals surface area (Å²) in [5.41, 5.74) is 0. The van der Waals surface area contributed by atoms with Gasteiger partial charge in [-0.05, 0) is 12.5 Å². The van der Waals surface area contributed by atoms with Crippen LogP contribution in [0.25, 0.3) is 0 Å². The molecule has 1 heterocycles. The average Bonchev–Trinajstić information content (AvgIpc) is 2.05. The molecule has 12 heavy (non-hydrogen) atoms. The molecule has 1 unspecified atom stereocenters. The molecule has 1 rings (SSSR count). The molecular weight excluding hydrogens is 156 g/mol. The monoisotopic (exact) mass is 170 g/mol. The number of esters is 1. The van der Waals surface area contributed by atoms with Crippen molar-refractivity contribution in [2.24, 2.45) is 0 Å². The SMILES string of the molecule is CCC(=O)OC1(C)CCC=CO1. The van der Waals surface area contributed by atoms with Crippen molar-refractivity contribution in [1.29, 1.82) is 0 Å². The predicted molar refractivity (Wildman–Crippen MR) is 44.2 cm³/mol. The van der Waals surface area contributed by atoms with Crippen molar-refractivity contribution in [2.75, 3.05) is 0 Å². The summed E-state index contributed by atoms with van der Waals surface area (Å²) in [4.78, 5) is 11.0. The van der Waals surface area contributed by atoms with Gasteiger partial charge in [-0.3, -0.25) is 4.79 Å². The van der Waals surface area contributed by atoms with Crippen molar-refractivity contribution in [2.45, 2.75) is 38.9 Å². The van der Waals surface area contributed by atoms with Gasteiger partial charge in [0, 0.05) is 19.8 Å². The highest BCUT2D eigenvalue weighted by Crippen LogP contribution is 2.24. The highest BCUT2D eigenvalue weighted by atomic mass is 16.7. The van der Waals surface area contributed by atoms with Gasteiger partial charge in [0.25, 0.3) is 5.79 Å². The third-order valence-corrected chi connectivity index (χ3v) is 1.80. The van der Waals surface area contributed by atoms with Gasteiger partial charge in [-0.25, -0.2) is 0 Å². The van der Waals surface area contributed by atoms with Crippen LogP contribution in [0, 0.1) is 0 Å². The normalized spacial score (nSPS) is 27.8. The lowest BCUT2D eigenvalue weighted by atomic mass is 10.1. The number of ether oxygens (including phenoxy) is 2. The molecule has 68 valence electrons. The lowest BCUT2D eigenvalue weighted by Crippen LogP contribution is -2.34. The zero-order valence-corrected chi connectivity index (χ0v) is 7.50. The molecule has 0 saturated carbocycles. The van der Waals surface area contributed by atoms with E-state index in [1.54, 1.807) is 20.1 Å². The number of hydrogen-bond donors (Lipinski definition) is 0. The quantitative estimate of drug-likeness (QED) is 0.594. The van der Waals surface area contributed by atoms with Crippen molar-refractivity contribution < 1.29 is 14.3 Å². The van der Waals surface area contributed by atoms with Crippen LogP contribution in [-0.2, 0) is 14.3 Å². The second-order valence-electron chi connectivity index (χ2n) is 2.99. The molecule has 0 fully saturated rings. The molecule has 0 bridgehead atoms. The summed E-state index contributed by atoms with van der Waals surface area (Å²) in [6, 6.07) is 0. The van der Waals surface area contributed by atoms with E-state index in [0.717, 1.165) is 12.8 Å². The first kappa shape index (κ1) is 9.10. The molecule has 0 aromatic heterocycles. The molecule has 1 aliphatic rings. The van der Waals surface area contributed by atoms with Crippen molar-refractivity contribution in [1.82, 2.24) is 0 Å². The van der Waals surface area contributed by atoms with Gasteiger partial charge >= 0.3 is 5.97 Å². The topological polar surface area (TPSA) is 35.5 Å². The smallest absolute Gasteiger partial charge is 0.308 e. The number of hydrogen-bond acceptors (Lipinski definition) is 3. The Hall–Kier alpha value is -0.990. The van der Waals surface area contributed by atoms with E-state index in [1.165, 1.54) is 0 Å². The maximum absolute atomic E-state index is 11.0. The Morgan fingerprint density at radius 1 is 1.75 bits per heavy atom. The van der Waals surface area contributed by atoms with Gasteiger partial charge in [0.05, 0.1) is 6.26 Å². The molecule has 0 spiro atoms. The van der Waals surface area contributed by atoms with Crippen LogP contribution in [0.2, 0.25) is 0 Å². The molecular formula is C9H14O3. The lowest BCUT2D eigenvalue weighted by Gasteiger charge is -2.30. The Morgan fingerprint density at radius 3 is 3.00 bits per heavy atom. The molecule has 0 saturated heterocycles. The van der Waals surface area contributed by atoms with Gasteiger partial charge in [0.1, 0.15) is 0 Å². The summed E-state index contributed by atoms with van der Waals surface area (Å²) < 4.78 is 10.3. The first-order chi connectivity index (χ1) is 5.66. The van der Waals surface area contributed by atoms with Crippen molar-refractivity contribution in [3.05, 3.63) is 12.3 Å². The molecule has 0 aromatic carbocycles. The predicted octanol–water partition coefficient (Wildman–Crippen LogP) is 1.98. The first-order valence-electron chi connectivity index (χ1n) is 4.21. The molecule has 3 nitrogen and oxygen atoms in total. The second kappa shape index (κ2) is 3.61. The summed E-state index contributed by atoms with van der Waals surface area (Å²) >= 11 is 0. The van der Waals surface area contributed by atoms with Crippen LogP contribution in [0.5, 0.6) is 0 Å². The number of rotatable bonds is 2. The first-order valence-corrected chi connectivity index (χ1v) is 4.21. The molecule has 0 aliphatic carbocycles. The summed E-state index contributed by atoms with van der Waals surface area (Å²) in [5, 5.41) is 0. The molecule has 1 atom stereocenters. The highest BCUT2D eigenvalue weighted by molar-refractivity contribution is 5.69. The van der Waals surface area contributed by atoms with E-state index >= 15 is 0 Å². The van der Waals surface area contributed by atoms with Crippen LogP contribution in [0.3, 0.4) is 0 Å². The minimum absolute atomic E-state index is 0.215. The fraction of sp³-hybridized carbons (Fsp3) is 0.667. The van der Waals surface area contributed by atoms with Crippen molar-refractivity contribution in [3.63, 3.8) is 0 Å². The fourth-order valence-electron chi connectivity index (χ4n) is 1.05. The summed E-state index contributed by atoms with van der Waals surface area (Å²) in [6.45, 7) is 3.55. The Labute approximate surface area is 72.4 Å². The van der Waals surface area contributed by atoms with E-state index < -0.39 is 5.79 Å². The van der Waals surface area contributed by atoms with Gasteiger partial charge in [-0.15, -0.1) is 0 Å². The zero-order chi connectivity index (χ0) is 9.03. The lowest BCUT2D eigenvalue weighted by molar-refractivity contribution is -0.209. The van der Waals surface area contributed by atoms with Crippen molar-refractivity contribution >= 4 is 5.97 Å². The fourth-order valence-corrected chi connectivity index (χ4v) is 1.05. The van der Waals surface area contributed by atoms with E-state index in [-0.39, 0.29) is 5.97 Å². The zero-order valence-electron chi connectivity index (χ0n) is 7.50. The average molecular weight is 170 g/mol. The van der Waals surface area contributed by atoms with E-state index in [0.29, 0.717) is 6.42 Å². The standard InChI is InChI=1S/C9H14O3/c1-3-8(10)12-9(2)6-4-5-7-11-9/h5,7H,3-4,6H2,1-2H3. The second-order valence-corrected chi connectivity index (χ2v) is 2.99. The summed E-state index contributed by atoms with van der Waals surface area (Å²) in [5.74, 6) is -0.949. The van der Waals surface area contributed by atoms with Gasteiger partial charge in [0.15, 0.2) is 0 Å². The van der Waals surface area contributed by atoms with Crippen LogP contribution >= 0.6 is 0 Å². The van der Waals surface area contributed by atoms with E-state index in [2.05, 4.69) is 0 Å². The molecule has 0 aromatic rings. The molecule has 1 aliphatic heterocycles. The van der Waals surface area contributed by atoms with Gasteiger partial charge < -0.3 is 9.47 Å². The highest BCUT2D eigenvalue weighted by Gasteiger charge is 2.30. The van der Waals surface area contributed by atoms with E-state index in [1.807, 2.05) is 6.08 Å². The van der Waals surface area contributed by atoms with Crippen LogP contribution < -0.4 is 0 Å². The van der Waals surface area contributed by atoms with Gasteiger partial charge in [-0.2, -0.15) is 0 Å². The molecule has 0 amide bonds. The van der Waals surface area contributed by atoms with Crippen molar-refractivity contribution in [3.8, 4) is 0 Å². The maximum Gasteiger partial charge on any atom is 0.308 e. The molecule has 0 radical (unpaired) electrons. The number of carbonyl (C=O) groups is 1. The molecule has 0 N–H and O–H groups in total. The van der Waals surface area contributed by atoms with Crippen LogP contribution in [0.4, 0.5) is 0 Å². The Kier molecular flexibility index (Phi) is 2.74. The minimum Gasteiger partial charge on any atom is -0.460 e. The third-order valence-electron chi connectivity index (χ3n) is 1.80. The van der Waals surface area contributed by atoms with Crippen LogP contribution in [-0.4, -0.2) is 11.8 Å².